The number of guanidine groups is 1. The molecular formula is C22H28Cl2N4O. The van der Waals surface area contributed by atoms with Gasteiger partial charge in [0.25, 0.3) is 5.91 Å². The molecule has 0 unspecified atom stereocenters. The fourth-order valence-electron chi connectivity index (χ4n) is 2.84. The Balaban J connectivity index is 1.90. The minimum absolute atomic E-state index is 0.00600. The third-order valence-electron chi connectivity index (χ3n) is 4.22. The largest absolute Gasteiger partial charge is 0.357 e. The number of aliphatic imine (C=N–C) groups is 1. The molecule has 0 atom stereocenters. The number of carbonyl (C=O) groups excluding carboxylic acids is 1. The van der Waals surface area contributed by atoms with E-state index >= 15 is 0 Å². The molecule has 7 heteroatoms. The molecule has 0 aliphatic carbocycles. The molecule has 2 aromatic carbocycles. The van der Waals surface area contributed by atoms with E-state index in [-0.39, 0.29) is 5.91 Å². The van der Waals surface area contributed by atoms with E-state index in [4.69, 9.17) is 23.2 Å². The first-order valence-electron chi connectivity index (χ1n) is 9.66. The summed E-state index contributed by atoms with van der Waals surface area (Å²) in [6, 6.07) is 13.3. The van der Waals surface area contributed by atoms with Crippen molar-refractivity contribution in [3.8, 4) is 0 Å². The summed E-state index contributed by atoms with van der Waals surface area (Å²) in [5.41, 5.74) is 2.86. The van der Waals surface area contributed by atoms with E-state index in [9.17, 15) is 4.79 Å². The molecule has 0 heterocycles. The lowest BCUT2D eigenvalue weighted by atomic mass is 10.1. The molecule has 29 heavy (non-hydrogen) atoms. The summed E-state index contributed by atoms with van der Waals surface area (Å²) in [6.45, 7) is 4.15. The van der Waals surface area contributed by atoms with Crippen LogP contribution in [0.5, 0.6) is 0 Å². The van der Waals surface area contributed by atoms with Gasteiger partial charge in [0.05, 0.1) is 0 Å². The molecule has 1 amide bonds. The van der Waals surface area contributed by atoms with Crippen LogP contribution < -0.4 is 10.6 Å². The predicted molar refractivity (Wildman–Crippen MR) is 122 cm³/mol. The van der Waals surface area contributed by atoms with Crippen molar-refractivity contribution in [1.82, 2.24) is 15.5 Å². The highest BCUT2D eigenvalue weighted by molar-refractivity contribution is 6.34. The lowest BCUT2D eigenvalue weighted by molar-refractivity contribution is 0.0827. The minimum atomic E-state index is 0.00600. The van der Waals surface area contributed by atoms with Crippen LogP contribution in [0.3, 0.4) is 0 Å². The Morgan fingerprint density at radius 3 is 2.38 bits per heavy atom. The first-order valence-corrected chi connectivity index (χ1v) is 10.4. The highest BCUT2D eigenvalue weighted by atomic mass is 35.5. The maximum atomic E-state index is 12.1. The zero-order chi connectivity index (χ0) is 21.2. The lowest BCUT2D eigenvalue weighted by Gasteiger charge is -2.12. The first-order chi connectivity index (χ1) is 13.9. The van der Waals surface area contributed by atoms with Gasteiger partial charge in [-0.25, -0.2) is 0 Å². The molecule has 0 aliphatic rings. The second-order valence-corrected chi connectivity index (χ2v) is 7.74. The molecule has 0 spiro atoms. The van der Waals surface area contributed by atoms with E-state index < -0.39 is 0 Å². The van der Waals surface area contributed by atoms with Crippen LogP contribution >= 0.6 is 23.2 Å². The van der Waals surface area contributed by atoms with Crippen molar-refractivity contribution in [1.29, 1.82) is 0 Å². The zero-order valence-electron chi connectivity index (χ0n) is 17.1. The van der Waals surface area contributed by atoms with E-state index in [0.29, 0.717) is 22.2 Å². The number of amides is 1. The second-order valence-electron chi connectivity index (χ2n) is 6.87. The van der Waals surface area contributed by atoms with Crippen molar-refractivity contribution in [2.75, 3.05) is 33.7 Å². The van der Waals surface area contributed by atoms with Gasteiger partial charge in [-0.2, -0.15) is 0 Å². The van der Waals surface area contributed by atoms with Gasteiger partial charge in [0, 0.05) is 49.3 Å². The van der Waals surface area contributed by atoms with Crippen molar-refractivity contribution >= 4 is 35.1 Å². The third kappa shape index (κ3) is 7.95. The molecule has 5 nitrogen and oxygen atoms in total. The highest BCUT2D eigenvalue weighted by Gasteiger charge is 2.08. The summed E-state index contributed by atoms with van der Waals surface area (Å²) < 4.78 is 0. The van der Waals surface area contributed by atoms with Gasteiger partial charge in [0.2, 0.25) is 0 Å². The Morgan fingerprint density at radius 2 is 1.72 bits per heavy atom. The number of benzene rings is 2. The summed E-state index contributed by atoms with van der Waals surface area (Å²) in [5.74, 6) is 0.771. The third-order valence-corrected chi connectivity index (χ3v) is 4.66. The van der Waals surface area contributed by atoms with Crippen LogP contribution in [0.4, 0.5) is 0 Å². The maximum Gasteiger partial charge on any atom is 0.253 e. The van der Waals surface area contributed by atoms with Gasteiger partial charge in [0.15, 0.2) is 5.96 Å². The Kier molecular flexibility index (Phi) is 9.29. The van der Waals surface area contributed by atoms with Gasteiger partial charge < -0.3 is 15.5 Å². The van der Waals surface area contributed by atoms with Crippen molar-refractivity contribution in [3.63, 3.8) is 0 Å². The van der Waals surface area contributed by atoms with Gasteiger partial charge >= 0.3 is 0 Å². The van der Waals surface area contributed by atoms with Gasteiger partial charge in [-0.1, -0.05) is 35.3 Å². The molecule has 2 rings (SSSR count). The number of carbonyl (C=O) groups is 1. The quantitative estimate of drug-likeness (QED) is 0.486. The average molecular weight is 435 g/mol. The number of hydrogen-bond acceptors (Lipinski definition) is 2. The molecule has 2 aromatic rings. The summed E-state index contributed by atoms with van der Waals surface area (Å²) in [4.78, 5) is 18.3. The first kappa shape index (κ1) is 23.0. The van der Waals surface area contributed by atoms with Crippen LogP contribution in [0.1, 0.15) is 28.4 Å². The summed E-state index contributed by atoms with van der Waals surface area (Å²) in [7, 11) is 3.51. The topological polar surface area (TPSA) is 56.7 Å². The van der Waals surface area contributed by atoms with E-state index in [0.717, 1.165) is 43.0 Å². The van der Waals surface area contributed by atoms with Gasteiger partial charge in [-0.05, 0) is 61.2 Å². The maximum absolute atomic E-state index is 12.1. The molecule has 156 valence electrons. The number of halogens is 2. The fourth-order valence-corrected chi connectivity index (χ4v) is 3.41. The molecule has 0 aliphatic heterocycles. The molecule has 0 saturated heterocycles. The van der Waals surface area contributed by atoms with Crippen LogP contribution in [-0.4, -0.2) is 50.5 Å². The summed E-state index contributed by atoms with van der Waals surface area (Å²) >= 11 is 12.1. The Morgan fingerprint density at radius 1 is 1.00 bits per heavy atom. The highest BCUT2D eigenvalue weighted by Crippen LogP contribution is 2.19. The van der Waals surface area contributed by atoms with Crippen molar-refractivity contribution < 1.29 is 4.79 Å². The van der Waals surface area contributed by atoms with Crippen molar-refractivity contribution in [2.24, 2.45) is 4.99 Å². The minimum Gasteiger partial charge on any atom is -0.357 e. The van der Waals surface area contributed by atoms with Crippen molar-refractivity contribution in [3.05, 3.63) is 69.2 Å². The molecule has 0 bridgehead atoms. The monoisotopic (exact) mass is 434 g/mol. The van der Waals surface area contributed by atoms with Gasteiger partial charge in [-0.15, -0.1) is 0 Å². The summed E-state index contributed by atoms with van der Waals surface area (Å²) in [5, 5.41) is 7.86. The number of nitrogens with one attached hydrogen (secondary N) is 2. The molecule has 0 radical (unpaired) electrons. The number of hydrogen-bond donors (Lipinski definition) is 2. The number of rotatable bonds is 8. The SMILES string of the molecule is CCNC(=NCCc1cccc(C(=O)N(C)C)c1)NCCc1cc(Cl)cc(Cl)c1. The Bertz CT molecular complexity index is 832. The molecule has 2 N–H and O–H groups in total. The zero-order valence-corrected chi connectivity index (χ0v) is 18.6. The average Bonchev–Trinajstić information content (AvgIpc) is 2.67. The fraction of sp³-hybridized carbons (Fsp3) is 0.364. The normalized spacial score (nSPS) is 11.3. The van der Waals surface area contributed by atoms with Crippen LogP contribution in [-0.2, 0) is 12.8 Å². The molecular weight excluding hydrogens is 407 g/mol. The van der Waals surface area contributed by atoms with E-state index in [2.05, 4.69) is 15.6 Å². The molecule has 0 saturated carbocycles. The van der Waals surface area contributed by atoms with Crippen LogP contribution in [0, 0.1) is 0 Å². The van der Waals surface area contributed by atoms with Gasteiger partial charge in [-0.3, -0.25) is 9.79 Å². The molecule has 0 fully saturated rings. The van der Waals surface area contributed by atoms with Crippen molar-refractivity contribution in [2.45, 2.75) is 19.8 Å². The second kappa shape index (κ2) is 11.7. The van der Waals surface area contributed by atoms with Crippen LogP contribution in [0.25, 0.3) is 0 Å². The Labute approximate surface area is 183 Å². The molecule has 0 aromatic heterocycles. The van der Waals surface area contributed by atoms with E-state index in [1.54, 1.807) is 25.1 Å². The lowest BCUT2D eigenvalue weighted by Crippen LogP contribution is -2.38. The van der Waals surface area contributed by atoms with E-state index in [1.165, 1.54) is 0 Å². The predicted octanol–water partition coefficient (Wildman–Crippen LogP) is 4.04. The summed E-state index contributed by atoms with van der Waals surface area (Å²) in [6.07, 6.45) is 1.55. The van der Waals surface area contributed by atoms with Gasteiger partial charge in [0.1, 0.15) is 0 Å². The van der Waals surface area contributed by atoms with E-state index in [1.807, 2.05) is 43.3 Å². The smallest absolute Gasteiger partial charge is 0.253 e. The van der Waals surface area contributed by atoms with Crippen LogP contribution in [0.15, 0.2) is 47.5 Å². The standard InChI is InChI=1S/C22H28Cl2N4O/c1-4-25-22(27-11-9-17-13-19(23)15-20(24)14-17)26-10-8-16-6-5-7-18(12-16)21(29)28(2)3/h5-7,12-15H,4,8-11H2,1-3H3,(H2,25,26,27). The van der Waals surface area contributed by atoms with Crippen LogP contribution in [0.2, 0.25) is 10.0 Å². The number of nitrogens with zero attached hydrogens (tertiary/aromatic N) is 2. The Hall–Kier alpha value is -2.24.